The molecule has 2 atom stereocenters. The highest BCUT2D eigenvalue weighted by atomic mass is 35.5. The van der Waals surface area contributed by atoms with E-state index >= 15 is 0 Å². The van der Waals surface area contributed by atoms with Crippen molar-refractivity contribution in [1.29, 1.82) is 0 Å². The second-order valence-corrected chi connectivity index (χ2v) is 10.3. The molecule has 0 saturated carbocycles. The summed E-state index contributed by atoms with van der Waals surface area (Å²) < 4.78 is 30.2. The predicted octanol–water partition coefficient (Wildman–Crippen LogP) is 5.99. The van der Waals surface area contributed by atoms with Crippen LogP contribution in [0.4, 0.5) is 19.6 Å². The molecule has 0 saturated heterocycles. The van der Waals surface area contributed by atoms with E-state index in [1.54, 1.807) is 6.07 Å². The van der Waals surface area contributed by atoms with Gasteiger partial charge in [0.1, 0.15) is 5.82 Å². The van der Waals surface area contributed by atoms with E-state index in [9.17, 15) is 8.78 Å². The van der Waals surface area contributed by atoms with Crippen molar-refractivity contribution < 1.29 is 8.78 Å². The van der Waals surface area contributed by atoms with Crippen molar-refractivity contribution in [2.45, 2.75) is 51.0 Å². The van der Waals surface area contributed by atoms with Crippen molar-refractivity contribution in [1.82, 2.24) is 10.3 Å². The fourth-order valence-electron chi connectivity index (χ4n) is 3.12. The van der Waals surface area contributed by atoms with Crippen LogP contribution in [0.5, 0.6) is 0 Å². The Labute approximate surface area is 197 Å². The minimum Gasteiger partial charge on any atom is -0.384 e. The van der Waals surface area contributed by atoms with Crippen LogP contribution in [-0.2, 0) is 0 Å². The third-order valence-corrected chi connectivity index (χ3v) is 6.74. The minimum atomic E-state index is -0.407. The zero-order valence-electron chi connectivity index (χ0n) is 18.2. The number of thiazole rings is 1. The maximum absolute atomic E-state index is 14.4. The number of rotatable bonds is 14. The molecule has 0 fully saturated rings. The number of unbranched alkanes of at least 4 members (excludes halogenated alkanes) is 1. The van der Waals surface area contributed by atoms with Crippen LogP contribution in [0.15, 0.2) is 23.2 Å². The Bertz CT molecular complexity index is 804. The molecule has 2 aromatic rings. The Morgan fingerprint density at radius 3 is 2.58 bits per heavy atom. The summed E-state index contributed by atoms with van der Waals surface area (Å²) in [5.41, 5.74) is 6.64. The van der Waals surface area contributed by atoms with E-state index in [0.29, 0.717) is 39.1 Å². The molecule has 0 radical (unpaired) electrons. The van der Waals surface area contributed by atoms with Crippen LogP contribution in [0.3, 0.4) is 0 Å². The first kappa shape index (κ1) is 26.1. The van der Waals surface area contributed by atoms with E-state index in [-0.39, 0.29) is 6.04 Å². The van der Waals surface area contributed by atoms with Crippen molar-refractivity contribution in [3.05, 3.63) is 34.3 Å². The maximum atomic E-state index is 14.4. The number of hydrogen-bond donors (Lipinski definition) is 4. The van der Waals surface area contributed by atoms with Crippen LogP contribution in [-0.4, -0.2) is 30.7 Å². The number of nitrogens with zero attached hydrogens (tertiary/aromatic N) is 1. The molecule has 1 aromatic heterocycles. The summed E-state index contributed by atoms with van der Waals surface area (Å²) in [7, 11) is 0. The van der Waals surface area contributed by atoms with Gasteiger partial charge in [-0.2, -0.15) is 4.39 Å². The first-order valence-electron chi connectivity index (χ1n) is 10.5. The monoisotopic (exact) mass is 491 g/mol. The molecule has 0 bridgehead atoms. The van der Waals surface area contributed by atoms with Gasteiger partial charge in [-0.05, 0) is 75.2 Å². The standard InChI is InChI=1S/C21H32ClF2N5S2/c1-13(2)8-15(14(3)25)11-26-6-4-5-7-27-18-10-17(23)19(9-16(18)22)31-29-21-28-12-20(24)30-21/h9-10,12-15,26-27H,4-8,11,25H2,1-3H3,(H,28,29)/t14-,15+/m1/s1. The molecular formula is C21H32ClF2N5S2. The Hall–Kier alpha value is -1.13. The van der Waals surface area contributed by atoms with Crippen LogP contribution in [0.2, 0.25) is 5.02 Å². The Balaban J connectivity index is 1.69. The van der Waals surface area contributed by atoms with Gasteiger partial charge < -0.3 is 21.1 Å². The van der Waals surface area contributed by atoms with Gasteiger partial charge in [0.15, 0.2) is 10.3 Å². The summed E-state index contributed by atoms with van der Waals surface area (Å²) in [6, 6.07) is 3.12. The van der Waals surface area contributed by atoms with Crippen LogP contribution in [0.25, 0.3) is 0 Å². The molecular weight excluding hydrogens is 460 g/mol. The minimum absolute atomic E-state index is 0.188. The average Bonchev–Trinajstić information content (AvgIpc) is 3.12. The molecule has 10 heteroatoms. The lowest BCUT2D eigenvalue weighted by atomic mass is 9.91. The summed E-state index contributed by atoms with van der Waals surface area (Å²) in [4.78, 5) is 4.15. The fraction of sp³-hybridized carbons (Fsp3) is 0.571. The Morgan fingerprint density at radius 2 is 1.94 bits per heavy atom. The molecule has 0 amide bonds. The van der Waals surface area contributed by atoms with Crippen molar-refractivity contribution in [2.75, 3.05) is 29.7 Å². The highest BCUT2D eigenvalue weighted by Crippen LogP contribution is 2.32. The maximum Gasteiger partial charge on any atom is 0.198 e. The van der Waals surface area contributed by atoms with Gasteiger partial charge in [-0.3, -0.25) is 0 Å². The molecule has 5 nitrogen and oxygen atoms in total. The quantitative estimate of drug-likeness (QED) is 0.192. The van der Waals surface area contributed by atoms with E-state index in [1.165, 1.54) is 6.07 Å². The molecule has 1 aromatic carbocycles. The molecule has 31 heavy (non-hydrogen) atoms. The lowest BCUT2D eigenvalue weighted by Gasteiger charge is -2.23. The van der Waals surface area contributed by atoms with E-state index in [4.69, 9.17) is 17.3 Å². The predicted molar refractivity (Wildman–Crippen MR) is 130 cm³/mol. The lowest BCUT2D eigenvalue weighted by molar-refractivity contribution is 0.342. The second kappa shape index (κ2) is 13.4. The molecule has 0 aliphatic rings. The topological polar surface area (TPSA) is 75.0 Å². The van der Waals surface area contributed by atoms with Crippen molar-refractivity contribution in [3.63, 3.8) is 0 Å². The normalized spacial score (nSPS) is 13.4. The van der Waals surface area contributed by atoms with Gasteiger partial charge in [-0.15, -0.1) is 0 Å². The van der Waals surface area contributed by atoms with Crippen LogP contribution in [0, 0.1) is 22.8 Å². The van der Waals surface area contributed by atoms with E-state index in [1.807, 2.05) is 0 Å². The molecule has 0 aliphatic carbocycles. The smallest absolute Gasteiger partial charge is 0.198 e. The molecule has 5 N–H and O–H groups in total. The molecule has 0 spiro atoms. The van der Waals surface area contributed by atoms with Crippen molar-refractivity contribution in [3.8, 4) is 0 Å². The third-order valence-electron chi connectivity index (χ3n) is 4.77. The van der Waals surface area contributed by atoms with E-state index < -0.39 is 10.9 Å². The van der Waals surface area contributed by atoms with Gasteiger partial charge in [0, 0.05) is 12.6 Å². The Kier molecular flexibility index (Phi) is 11.3. The van der Waals surface area contributed by atoms with Crippen molar-refractivity contribution in [2.24, 2.45) is 17.6 Å². The highest BCUT2D eigenvalue weighted by molar-refractivity contribution is 8.00. The van der Waals surface area contributed by atoms with Crippen LogP contribution in [0.1, 0.15) is 40.0 Å². The summed E-state index contributed by atoms with van der Waals surface area (Å²) in [5, 5.41) is 7.09. The molecule has 0 unspecified atom stereocenters. The first-order chi connectivity index (χ1) is 14.8. The third kappa shape index (κ3) is 9.49. The van der Waals surface area contributed by atoms with Gasteiger partial charge in [-0.1, -0.05) is 36.8 Å². The Morgan fingerprint density at radius 1 is 1.19 bits per heavy atom. The van der Waals surface area contributed by atoms with Crippen LogP contribution >= 0.6 is 34.9 Å². The van der Waals surface area contributed by atoms with Gasteiger partial charge in [0.05, 0.1) is 21.8 Å². The summed E-state index contributed by atoms with van der Waals surface area (Å²) in [6.45, 7) is 9.06. The molecule has 1 heterocycles. The lowest BCUT2D eigenvalue weighted by Crippen LogP contribution is -2.36. The second-order valence-electron chi connectivity index (χ2n) is 8.02. The first-order valence-corrected chi connectivity index (χ1v) is 12.5. The van der Waals surface area contributed by atoms with E-state index in [2.05, 4.69) is 41.1 Å². The average molecular weight is 492 g/mol. The summed E-state index contributed by atoms with van der Waals surface area (Å²) >= 11 is 8.15. The molecule has 174 valence electrons. The zero-order valence-corrected chi connectivity index (χ0v) is 20.6. The number of halogens is 3. The zero-order chi connectivity index (χ0) is 22.8. The number of nitrogens with one attached hydrogen (secondary N) is 3. The van der Waals surface area contributed by atoms with E-state index in [0.717, 1.165) is 61.8 Å². The van der Waals surface area contributed by atoms with Gasteiger partial charge in [-0.25, -0.2) is 9.37 Å². The number of aromatic nitrogens is 1. The molecule has 2 rings (SSSR count). The summed E-state index contributed by atoms with van der Waals surface area (Å²) in [6.07, 6.45) is 4.18. The summed E-state index contributed by atoms with van der Waals surface area (Å²) in [5.74, 6) is 0.721. The van der Waals surface area contributed by atoms with Gasteiger partial charge >= 0.3 is 0 Å². The number of nitrogens with two attached hydrogens (primary N) is 1. The number of hydrogen-bond acceptors (Lipinski definition) is 7. The van der Waals surface area contributed by atoms with Gasteiger partial charge in [0.2, 0.25) is 0 Å². The van der Waals surface area contributed by atoms with Crippen molar-refractivity contribution >= 4 is 45.7 Å². The van der Waals surface area contributed by atoms with Crippen LogP contribution < -0.4 is 21.1 Å². The number of benzene rings is 1. The SMILES string of the molecule is CC(C)C[C@@H](CNCCCCNc1cc(F)c(SNc2ncc(F)s2)cc1Cl)[C@@H](C)N. The fourth-order valence-corrected chi connectivity index (χ4v) is 4.68. The highest BCUT2D eigenvalue weighted by Gasteiger charge is 2.15. The largest absolute Gasteiger partial charge is 0.384 e. The number of anilines is 2. The molecule has 0 aliphatic heterocycles. The van der Waals surface area contributed by atoms with Gasteiger partial charge in [0.25, 0.3) is 0 Å².